The Morgan fingerprint density at radius 2 is 1.41 bits per heavy atom. The number of ether oxygens (including phenoxy) is 5. The molecule has 1 amide bonds. The van der Waals surface area contributed by atoms with Gasteiger partial charge in [0.05, 0.1) is 21.3 Å². The third-order valence-electron chi connectivity index (χ3n) is 6.04. The van der Waals surface area contributed by atoms with Crippen molar-refractivity contribution < 1.29 is 38.1 Å². The summed E-state index contributed by atoms with van der Waals surface area (Å²) in [5, 5.41) is 2.57. The summed E-state index contributed by atoms with van der Waals surface area (Å²) in [6.45, 7) is 4.98. The molecular weight excluding hydrogens is 528 g/mol. The maximum atomic E-state index is 13.1. The number of esters is 2. The minimum atomic E-state index is -1.07. The van der Waals surface area contributed by atoms with Gasteiger partial charge in [-0.2, -0.15) is 0 Å². The number of nitrogens with one attached hydrogen (secondary N) is 1. The Labute approximate surface area is 239 Å². The molecule has 10 nitrogen and oxygen atoms in total. The maximum absolute atomic E-state index is 13.1. The first-order chi connectivity index (χ1) is 19.7. The van der Waals surface area contributed by atoms with Crippen LogP contribution >= 0.6 is 0 Å². The van der Waals surface area contributed by atoms with E-state index < -0.39 is 23.9 Å². The lowest BCUT2D eigenvalue weighted by molar-refractivity contribution is -0.141. The summed E-state index contributed by atoms with van der Waals surface area (Å²) in [5.74, 6) is -0.260. The summed E-state index contributed by atoms with van der Waals surface area (Å²) in [7, 11) is 4.54. The molecule has 0 spiro atoms. The third-order valence-corrected chi connectivity index (χ3v) is 6.04. The minimum Gasteiger partial charge on any atom is -0.497 e. The number of benzene rings is 2. The highest BCUT2D eigenvalue weighted by Gasteiger charge is 2.26. The number of carbonyl (C=O) groups excluding carboxylic acids is 3. The number of rotatable bonds is 12. The number of methoxy groups -OCH3 is 3. The van der Waals surface area contributed by atoms with Crippen molar-refractivity contribution in [3.63, 3.8) is 0 Å². The Hall–Kier alpha value is -4.86. The van der Waals surface area contributed by atoms with E-state index in [-0.39, 0.29) is 23.6 Å². The molecule has 3 aromatic rings. The summed E-state index contributed by atoms with van der Waals surface area (Å²) >= 11 is 0. The summed E-state index contributed by atoms with van der Waals surface area (Å²) in [5.41, 5.74) is 2.05. The molecule has 1 N–H and O–H groups in total. The number of allylic oxidation sites excluding steroid dienone is 1. The molecular formula is C31H34N2O8. The van der Waals surface area contributed by atoms with Crippen molar-refractivity contribution in [3.05, 3.63) is 83.4 Å². The number of hydrogen-bond acceptors (Lipinski definition) is 9. The average Bonchev–Trinajstić information content (AvgIpc) is 2.98. The zero-order valence-electron chi connectivity index (χ0n) is 24.0. The van der Waals surface area contributed by atoms with Gasteiger partial charge in [-0.05, 0) is 55.7 Å². The molecule has 2 aromatic carbocycles. The van der Waals surface area contributed by atoms with Crippen molar-refractivity contribution in [1.29, 1.82) is 0 Å². The molecule has 1 heterocycles. The van der Waals surface area contributed by atoms with Crippen LogP contribution in [0.25, 0.3) is 5.57 Å². The molecule has 1 aromatic heterocycles. The largest absolute Gasteiger partial charge is 0.497 e. The lowest BCUT2D eigenvalue weighted by Crippen LogP contribution is -2.40. The summed E-state index contributed by atoms with van der Waals surface area (Å²) in [6, 6.07) is 15.1. The fourth-order valence-electron chi connectivity index (χ4n) is 3.92. The second kappa shape index (κ2) is 14.5. The van der Waals surface area contributed by atoms with Crippen molar-refractivity contribution in [2.45, 2.75) is 39.7 Å². The van der Waals surface area contributed by atoms with Gasteiger partial charge < -0.3 is 29.0 Å². The van der Waals surface area contributed by atoms with Gasteiger partial charge in [-0.15, -0.1) is 0 Å². The predicted octanol–water partition coefficient (Wildman–Crippen LogP) is 4.95. The van der Waals surface area contributed by atoms with E-state index in [9.17, 15) is 14.4 Å². The number of nitrogens with zero attached hydrogens (tertiary/aromatic N) is 1. The average molecular weight is 563 g/mol. The van der Waals surface area contributed by atoms with Gasteiger partial charge >= 0.3 is 11.9 Å². The van der Waals surface area contributed by atoms with Gasteiger partial charge in [-0.3, -0.25) is 9.59 Å². The molecule has 41 heavy (non-hydrogen) atoms. The molecule has 10 heteroatoms. The first-order valence-electron chi connectivity index (χ1n) is 13.0. The molecule has 216 valence electrons. The Morgan fingerprint density at radius 1 is 0.854 bits per heavy atom. The second-order valence-electron chi connectivity index (χ2n) is 8.92. The lowest BCUT2D eigenvalue weighted by Gasteiger charge is -2.18. The van der Waals surface area contributed by atoms with E-state index in [2.05, 4.69) is 10.3 Å². The van der Waals surface area contributed by atoms with Crippen LogP contribution in [0.15, 0.2) is 66.6 Å². The number of carbonyl (C=O) groups is 3. The summed E-state index contributed by atoms with van der Waals surface area (Å²) in [4.78, 5) is 42.4. The van der Waals surface area contributed by atoms with Crippen molar-refractivity contribution in [3.8, 4) is 23.0 Å². The van der Waals surface area contributed by atoms with Crippen molar-refractivity contribution in [2.24, 2.45) is 0 Å². The molecule has 0 aliphatic heterocycles. The van der Waals surface area contributed by atoms with E-state index in [0.717, 1.165) is 11.1 Å². The van der Waals surface area contributed by atoms with Crippen LogP contribution in [0, 0.1) is 0 Å². The first-order valence-corrected chi connectivity index (χ1v) is 13.0. The van der Waals surface area contributed by atoms with E-state index in [1.54, 1.807) is 21.1 Å². The van der Waals surface area contributed by atoms with E-state index in [1.165, 1.54) is 26.3 Å². The normalized spacial score (nSPS) is 11.1. The predicted molar refractivity (Wildman–Crippen MR) is 152 cm³/mol. The summed E-state index contributed by atoms with van der Waals surface area (Å²) in [6.07, 6.45) is 2.06. The Kier molecular flexibility index (Phi) is 10.9. The zero-order valence-corrected chi connectivity index (χ0v) is 24.0. The highest BCUT2D eigenvalue weighted by Crippen LogP contribution is 2.31. The molecule has 0 bridgehead atoms. The Morgan fingerprint density at radius 3 is 1.90 bits per heavy atom. The fourth-order valence-corrected chi connectivity index (χ4v) is 3.92. The molecule has 0 radical (unpaired) electrons. The van der Waals surface area contributed by atoms with Crippen LogP contribution in [-0.4, -0.2) is 50.2 Å². The van der Waals surface area contributed by atoms with Gasteiger partial charge in [-0.1, -0.05) is 31.2 Å². The van der Waals surface area contributed by atoms with Crippen LogP contribution in [0.4, 0.5) is 0 Å². The highest BCUT2D eigenvalue weighted by molar-refractivity contribution is 5.99. The second-order valence-corrected chi connectivity index (χ2v) is 8.92. The quantitative estimate of drug-likeness (QED) is 0.241. The van der Waals surface area contributed by atoms with Gasteiger partial charge in [0.1, 0.15) is 23.3 Å². The monoisotopic (exact) mass is 562 g/mol. The SMILES string of the molecule is CCCC(=O)Oc1c(OC)ccnc1C(=O)N[C@@H](C)C(=O)OC(C)=C(c1ccc(OC)cc1)c1ccc(OC)cc1. The van der Waals surface area contributed by atoms with E-state index in [4.69, 9.17) is 23.7 Å². The van der Waals surface area contributed by atoms with Crippen LogP contribution in [0.3, 0.4) is 0 Å². The molecule has 0 aliphatic carbocycles. The van der Waals surface area contributed by atoms with Gasteiger partial charge in [0.2, 0.25) is 5.75 Å². The number of aromatic nitrogens is 1. The molecule has 0 unspecified atom stereocenters. The third kappa shape index (κ3) is 7.84. The summed E-state index contributed by atoms with van der Waals surface area (Å²) < 4.78 is 26.9. The van der Waals surface area contributed by atoms with Crippen LogP contribution in [0.5, 0.6) is 23.0 Å². The van der Waals surface area contributed by atoms with Crippen LogP contribution in [0.1, 0.15) is 55.2 Å². The van der Waals surface area contributed by atoms with Crippen molar-refractivity contribution in [2.75, 3.05) is 21.3 Å². The van der Waals surface area contributed by atoms with Crippen LogP contribution < -0.4 is 24.3 Å². The van der Waals surface area contributed by atoms with Crippen molar-refractivity contribution in [1.82, 2.24) is 10.3 Å². The zero-order chi connectivity index (χ0) is 29.9. The Bertz CT molecular complexity index is 1350. The maximum Gasteiger partial charge on any atom is 0.333 e. The fraction of sp³-hybridized carbons (Fsp3) is 0.290. The van der Waals surface area contributed by atoms with Gasteiger partial charge in [0.15, 0.2) is 11.4 Å². The Balaban J connectivity index is 1.86. The molecule has 1 atom stereocenters. The van der Waals surface area contributed by atoms with Gasteiger partial charge in [0.25, 0.3) is 5.91 Å². The smallest absolute Gasteiger partial charge is 0.333 e. The van der Waals surface area contributed by atoms with Crippen LogP contribution in [0.2, 0.25) is 0 Å². The van der Waals surface area contributed by atoms with Crippen molar-refractivity contribution >= 4 is 23.4 Å². The number of amides is 1. The first kappa shape index (κ1) is 30.7. The standard InChI is InChI=1S/C31H34N2O8/c1-7-8-26(34)41-29-25(39-6)17-18-32-28(29)30(35)33-19(2)31(36)40-20(3)27(21-9-13-23(37-4)14-10-21)22-11-15-24(38-5)16-12-22/h9-19H,7-8H2,1-6H3,(H,33,35)/t19-/m0/s1. The topological polar surface area (TPSA) is 122 Å². The molecule has 0 saturated heterocycles. The van der Waals surface area contributed by atoms with Crippen LogP contribution in [-0.2, 0) is 14.3 Å². The van der Waals surface area contributed by atoms with Gasteiger partial charge in [-0.25, -0.2) is 9.78 Å². The minimum absolute atomic E-state index is 0.121. The molecule has 0 saturated carbocycles. The van der Waals surface area contributed by atoms with E-state index >= 15 is 0 Å². The molecule has 0 aliphatic rings. The molecule has 3 rings (SSSR count). The lowest BCUT2D eigenvalue weighted by atomic mass is 9.96. The van der Waals surface area contributed by atoms with E-state index in [0.29, 0.717) is 29.3 Å². The number of hydrogen-bond donors (Lipinski definition) is 1. The molecule has 0 fully saturated rings. The highest BCUT2D eigenvalue weighted by atomic mass is 16.6. The van der Waals surface area contributed by atoms with Gasteiger partial charge in [0, 0.05) is 24.3 Å². The van der Waals surface area contributed by atoms with E-state index in [1.807, 2.05) is 55.5 Å². The number of pyridine rings is 1.